The topological polar surface area (TPSA) is 100.0 Å². The summed E-state index contributed by atoms with van der Waals surface area (Å²) in [6.45, 7) is 9.83. The van der Waals surface area contributed by atoms with Crippen LogP contribution in [-0.2, 0) is 10.2 Å². The van der Waals surface area contributed by atoms with Crippen LogP contribution in [0, 0.1) is 11.8 Å². The van der Waals surface area contributed by atoms with E-state index >= 15 is 0 Å². The first-order chi connectivity index (χ1) is 16.0. The summed E-state index contributed by atoms with van der Waals surface area (Å²) < 4.78 is 5.60. The molecule has 0 radical (unpaired) electrons. The number of hydrogen-bond donors (Lipinski definition) is 2. The van der Waals surface area contributed by atoms with Crippen LogP contribution in [0.1, 0.15) is 75.1 Å². The number of benzene rings is 1. The van der Waals surface area contributed by atoms with Gasteiger partial charge in [0.05, 0.1) is 18.8 Å². The zero-order valence-electron chi connectivity index (χ0n) is 20.9. The van der Waals surface area contributed by atoms with Crippen LogP contribution in [0.4, 0.5) is 0 Å². The lowest BCUT2D eigenvalue weighted by Crippen LogP contribution is -2.54. The van der Waals surface area contributed by atoms with Crippen LogP contribution < -0.4 is 4.74 Å². The minimum Gasteiger partial charge on any atom is -0.496 e. The van der Waals surface area contributed by atoms with E-state index in [0.717, 1.165) is 5.56 Å². The zero-order chi connectivity index (χ0) is 25.3. The van der Waals surface area contributed by atoms with Crippen molar-refractivity contribution in [3.8, 4) is 5.75 Å². The summed E-state index contributed by atoms with van der Waals surface area (Å²) in [4.78, 5) is 32.9. The molecule has 2 aromatic rings. The monoisotopic (exact) mass is 468 g/mol. The lowest BCUT2D eigenvalue weighted by Gasteiger charge is -2.39. The molecule has 0 aliphatic carbocycles. The second-order valence-electron chi connectivity index (χ2n) is 10.6. The molecule has 0 spiro atoms. The quantitative estimate of drug-likeness (QED) is 0.623. The summed E-state index contributed by atoms with van der Waals surface area (Å²) in [7, 11) is 1.56. The largest absolute Gasteiger partial charge is 0.496 e. The molecular weight excluding hydrogens is 432 g/mol. The standard InChI is InChI=1S/C27H36N2O5/c1-17(2)14-27(25(32)33)15-19(16-30)23(21-9-7-8-12-28-21)29(27)24(31)18-10-11-20(26(3,4)5)22(13-18)34-6/h7-13,17,19,23,30H,14-16H2,1-6H3,(H,32,33)/t19-,23+,27-/m0/s1. The van der Waals surface area contributed by atoms with E-state index in [2.05, 4.69) is 25.8 Å². The van der Waals surface area contributed by atoms with Gasteiger partial charge in [-0.05, 0) is 54.0 Å². The first kappa shape index (κ1) is 25.7. The Bertz CT molecular complexity index is 1030. The van der Waals surface area contributed by atoms with Crippen LogP contribution in [0.5, 0.6) is 5.75 Å². The van der Waals surface area contributed by atoms with Crippen molar-refractivity contribution in [2.24, 2.45) is 11.8 Å². The molecule has 0 unspecified atom stereocenters. The highest BCUT2D eigenvalue weighted by Crippen LogP contribution is 2.50. The number of aliphatic hydroxyl groups excluding tert-OH is 1. The second-order valence-corrected chi connectivity index (χ2v) is 10.6. The van der Waals surface area contributed by atoms with Gasteiger partial charge in [-0.1, -0.05) is 46.8 Å². The van der Waals surface area contributed by atoms with Gasteiger partial charge in [0.15, 0.2) is 0 Å². The molecule has 1 aromatic heterocycles. The van der Waals surface area contributed by atoms with Crippen molar-refractivity contribution < 1.29 is 24.5 Å². The summed E-state index contributed by atoms with van der Waals surface area (Å²) >= 11 is 0. The number of methoxy groups -OCH3 is 1. The van der Waals surface area contributed by atoms with Gasteiger partial charge in [0.1, 0.15) is 11.3 Å². The Kier molecular flexibility index (Phi) is 7.36. The number of amides is 1. The van der Waals surface area contributed by atoms with E-state index in [1.54, 1.807) is 37.6 Å². The fourth-order valence-electron chi connectivity index (χ4n) is 5.25. The van der Waals surface area contributed by atoms with Crippen LogP contribution in [0.25, 0.3) is 0 Å². The normalized spacial score (nSPS) is 22.8. The third-order valence-electron chi connectivity index (χ3n) is 6.63. The van der Waals surface area contributed by atoms with Crippen LogP contribution >= 0.6 is 0 Å². The van der Waals surface area contributed by atoms with Crippen molar-refractivity contribution in [3.05, 3.63) is 59.4 Å². The first-order valence-electron chi connectivity index (χ1n) is 11.7. The van der Waals surface area contributed by atoms with Crippen molar-refractivity contribution in [3.63, 3.8) is 0 Å². The van der Waals surface area contributed by atoms with Gasteiger partial charge in [-0.15, -0.1) is 0 Å². The minimum absolute atomic E-state index is 0.0195. The fourth-order valence-corrected chi connectivity index (χ4v) is 5.25. The van der Waals surface area contributed by atoms with Gasteiger partial charge in [-0.25, -0.2) is 4.79 Å². The van der Waals surface area contributed by atoms with Crippen LogP contribution in [-0.4, -0.2) is 51.2 Å². The predicted molar refractivity (Wildman–Crippen MR) is 130 cm³/mol. The molecule has 1 amide bonds. The number of carboxylic acids is 1. The molecule has 1 aliphatic rings. The van der Waals surface area contributed by atoms with E-state index in [0.29, 0.717) is 17.0 Å². The molecule has 184 valence electrons. The predicted octanol–water partition coefficient (Wildman–Crippen LogP) is 4.45. The number of carbonyl (C=O) groups excluding carboxylic acids is 1. The Morgan fingerprint density at radius 3 is 2.44 bits per heavy atom. The Balaban J connectivity index is 2.21. The maximum atomic E-state index is 14.1. The minimum atomic E-state index is -1.46. The molecule has 2 N–H and O–H groups in total. The summed E-state index contributed by atoms with van der Waals surface area (Å²) in [5.74, 6) is -1.33. The summed E-state index contributed by atoms with van der Waals surface area (Å²) in [6.07, 6.45) is 2.04. The number of carboxylic acid groups (broad SMARTS) is 1. The van der Waals surface area contributed by atoms with Crippen molar-refractivity contribution in [1.29, 1.82) is 0 Å². The summed E-state index contributed by atoms with van der Waals surface area (Å²) in [5.41, 5.74) is 0.214. The highest BCUT2D eigenvalue weighted by Gasteiger charge is 2.59. The van der Waals surface area contributed by atoms with Gasteiger partial charge in [-0.3, -0.25) is 9.78 Å². The molecule has 1 fully saturated rings. The Hall–Kier alpha value is -2.93. The Labute approximate surface area is 201 Å². The smallest absolute Gasteiger partial charge is 0.329 e. The van der Waals surface area contributed by atoms with Crippen LogP contribution in [0.3, 0.4) is 0 Å². The summed E-state index contributed by atoms with van der Waals surface area (Å²) in [6, 6.07) is 9.98. The lowest BCUT2D eigenvalue weighted by atomic mass is 9.83. The number of aliphatic carboxylic acids is 1. The maximum absolute atomic E-state index is 14.1. The molecule has 0 bridgehead atoms. The number of aliphatic hydroxyl groups is 1. The van der Waals surface area contributed by atoms with E-state index < -0.39 is 29.4 Å². The van der Waals surface area contributed by atoms with Crippen molar-refractivity contribution in [2.45, 2.75) is 64.5 Å². The number of pyridine rings is 1. The molecule has 0 saturated carbocycles. The highest BCUT2D eigenvalue weighted by atomic mass is 16.5. The van der Waals surface area contributed by atoms with Gasteiger partial charge >= 0.3 is 5.97 Å². The lowest BCUT2D eigenvalue weighted by molar-refractivity contribution is -0.150. The first-order valence-corrected chi connectivity index (χ1v) is 11.7. The summed E-state index contributed by atoms with van der Waals surface area (Å²) in [5, 5.41) is 20.7. The third-order valence-corrected chi connectivity index (χ3v) is 6.63. The molecule has 7 heteroatoms. The average molecular weight is 469 g/mol. The molecule has 1 aliphatic heterocycles. The molecule has 3 rings (SSSR count). The number of nitrogens with zero attached hydrogens (tertiary/aromatic N) is 2. The second kappa shape index (κ2) is 9.74. The van der Waals surface area contributed by atoms with E-state index in [-0.39, 0.29) is 30.8 Å². The highest BCUT2D eigenvalue weighted by molar-refractivity contribution is 5.99. The van der Waals surface area contributed by atoms with Crippen molar-refractivity contribution >= 4 is 11.9 Å². The van der Waals surface area contributed by atoms with Crippen molar-refractivity contribution in [1.82, 2.24) is 9.88 Å². The molecule has 2 heterocycles. The number of ether oxygens (including phenoxy) is 1. The SMILES string of the molecule is COc1cc(C(=O)N2[C@@H](c3ccccn3)[C@H](CO)C[C@@]2(CC(C)C)C(=O)O)ccc1C(C)(C)C. The van der Waals surface area contributed by atoms with Crippen LogP contribution in [0.2, 0.25) is 0 Å². The number of likely N-dealkylation sites (tertiary alicyclic amines) is 1. The van der Waals surface area contributed by atoms with Gasteiger partial charge in [0.2, 0.25) is 0 Å². The molecule has 3 atom stereocenters. The van der Waals surface area contributed by atoms with Gasteiger partial charge in [0, 0.05) is 24.3 Å². The van der Waals surface area contributed by atoms with Gasteiger partial charge in [0.25, 0.3) is 5.91 Å². The average Bonchev–Trinajstić information content (AvgIpc) is 3.12. The van der Waals surface area contributed by atoms with E-state index in [1.165, 1.54) is 4.90 Å². The molecule has 1 aromatic carbocycles. The molecule has 1 saturated heterocycles. The van der Waals surface area contributed by atoms with Gasteiger partial charge in [-0.2, -0.15) is 0 Å². The molecule has 7 nitrogen and oxygen atoms in total. The maximum Gasteiger partial charge on any atom is 0.329 e. The van der Waals surface area contributed by atoms with E-state index in [1.807, 2.05) is 26.0 Å². The number of rotatable bonds is 7. The molecule has 34 heavy (non-hydrogen) atoms. The van der Waals surface area contributed by atoms with Crippen LogP contribution in [0.15, 0.2) is 42.6 Å². The van der Waals surface area contributed by atoms with Gasteiger partial charge < -0.3 is 19.8 Å². The number of aromatic nitrogens is 1. The van der Waals surface area contributed by atoms with E-state index in [4.69, 9.17) is 4.74 Å². The number of carbonyl (C=O) groups is 2. The Morgan fingerprint density at radius 2 is 1.94 bits per heavy atom. The number of hydrogen-bond acceptors (Lipinski definition) is 5. The van der Waals surface area contributed by atoms with E-state index in [9.17, 15) is 19.8 Å². The molecular formula is C27H36N2O5. The Morgan fingerprint density at radius 1 is 1.24 bits per heavy atom. The fraction of sp³-hybridized carbons (Fsp3) is 0.519. The third kappa shape index (κ3) is 4.67. The van der Waals surface area contributed by atoms with Crippen molar-refractivity contribution in [2.75, 3.05) is 13.7 Å². The zero-order valence-corrected chi connectivity index (χ0v) is 20.9.